The zero-order valence-electron chi connectivity index (χ0n) is 29.4. The molecule has 8 rings (SSSR count). The molecule has 0 radical (unpaired) electrons. The van der Waals surface area contributed by atoms with Crippen LogP contribution in [0.25, 0.3) is 22.2 Å². The number of aryl methyl sites for hydroxylation is 1. The minimum Gasteiger partial charge on any atom is -0.481 e. The Kier molecular flexibility index (Phi) is 10.4. The van der Waals surface area contributed by atoms with Gasteiger partial charge < -0.3 is 20.8 Å². The first-order chi connectivity index (χ1) is 26.5. The van der Waals surface area contributed by atoms with Crippen molar-refractivity contribution in [2.24, 2.45) is 5.92 Å². The van der Waals surface area contributed by atoms with E-state index in [-0.39, 0.29) is 38.6 Å². The summed E-state index contributed by atoms with van der Waals surface area (Å²) in [5.41, 5.74) is 4.08. The molecule has 2 saturated heterocycles. The molecular formula is C38H37Cl2F2N9O4. The predicted molar refractivity (Wildman–Crippen MR) is 203 cm³/mol. The number of carboxylic acids is 1. The number of likely N-dealkylation sites (tertiary alicyclic amines) is 2. The number of fused-ring (bicyclic) bond motifs is 2. The molecule has 5 aromatic rings. The second-order valence-electron chi connectivity index (χ2n) is 14.2. The Morgan fingerprint density at radius 3 is 2.42 bits per heavy atom. The fraction of sp³-hybridized carbons (Fsp3) is 0.368. The van der Waals surface area contributed by atoms with Gasteiger partial charge in [-0.3, -0.25) is 29.1 Å². The third kappa shape index (κ3) is 7.59. The van der Waals surface area contributed by atoms with Crippen LogP contribution in [-0.4, -0.2) is 88.9 Å². The number of rotatable bonds is 10. The highest BCUT2D eigenvalue weighted by atomic mass is 35.5. The minimum atomic E-state index is -2.94. The third-order valence-electron chi connectivity index (χ3n) is 10.5. The Morgan fingerprint density at radius 2 is 1.71 bits per heavy atom. The summed E-state index contributed by atoms with van der Waals surface area (Å²) in [5.74, 6) is -2.27. The normalized spacial score (nSPS) is 20.3. The maximum atomic E-state index is 14.0. The van der Waals surface area contributed by atoms with Gasteiger partial charge >= 0.3 is 5.97 Å². The Bertz CT molecular complexity index is 2290. The molecule has 2 aromatic carbocycles. The molecule has 0 bridgehead atoms. The second kappa shape index (κ2) is 15.4. The van der Waals surface area contributed by atoms with Gasteiger partial charge in [-0.2, -0.15) is 5.10 Å². The highest BCUT2D eigenvalue weighted by molar-refractivity contribution is 6.39. The van der Waals surface area contributed by atoms with Gasteiger partial charge in [-0.05, 0) is 62.1 Å². The van der Waals surface area contributed by atoms with E-state index in [2.05, 4.69) is 40.5 Å². The van der Waals surface area contributed by atoms with Crippen LogP contribution in [0.5, 0.6) is 0 Å². The summed E-state index contributed by atoms with van der Waals surface area (Å²) in [7, 11) is 0. The van der Waals surface area contributed by atoms with Crippen LogP contribution >= 0.6 is 23.2 Å². The number of nitrogens with zero attached hydrogens (tertiary/aromatic N) is 7. The summed E-state index contributed by atoms with van der Waals surface area (Å²) in [5, 5.41) is 30.4. The van der Waals surface area contributed by atoms with Crippen molar-refractivity contribution in [2.45, 2.75) is 57.3 Å². The van der Waals surface area contributed by atoms with E-state index in [1.807, 2.05) is 4.68 Å². The van der Waals surface area contributed by atoms with Crippen LogP contribution in [0, 0.1) is 5.92 Å². The van der Waals surface area contributed by atoms with Gasteiger partial charge in [-0.15, -0.1) is 0 Å². The SMILES string of the molecule is O=C(Nc1cccc(-c2cccc(Nc3nc(C(F)F)nc4cc(CN5CC[C@@H](O)C5)cnc34)c2Cl)c1Cl)c1cc2n(n1)CCCC2N1CC[C@@H](C(=O)O)C1. The summed E-state index contributed by atoms with van der Waals surface area (Å²) in [4.78, 5) is 42.1. The number of aliphatic hydroxyl groups is 1. The van der Waals surface area contributed by atoms with Crippen LogP contribution < -0.4 is 10.6 Å². The smallest absolute Gasteiger partial charge is 0.307 e. The zero-order valence-corrected chi connectivity index (χ0v) is 30.9. The molecule has 0 spiro atoms. The summed E-state index contributed by atoms with van der Waals surface area (Å²) in [6, 6.07) is 13.7. The third-order valence-corrected chi connectivity index (χ3v) is 11.3. The van der Waals surface area contributed by atoms with Gasteiger partial charge in [0.05, 0.1) is 50.7 Å². The highest BCUT2D eigenvalue weighted by Crippen LogP contribution is 2.42. The lowest BCUT2D eigenvalue weighted by molar-refractivity contribution is -0.141. The molecule has 1 amide bonds. The number of amides is 1. The number of carbonyl (C=O) groups excluding carboxylic acids is 1. The molecular weight excluding hydrogens is 755 g/mol. The maximum Gasteiger partial charge on any atom is 0.307 e. The van der Waals surface area contributed by atoms with Gasteiger partial charge in [0.2, 0.25) is 0 Å². The number of halogens is 4. The molecule has 2 fully saturated rings. The number of aliphatic hydroxyl groups excluding tert-OH is 1. The van der Waals surface area contributed by atoms with Gasteiger partial charge in [-0.1, -0.05) is 47.5 Å². The van der Waals surface area contributed by atoms with E-state index in [1.54, 1.807) is 54.7 Å². The molecule has 3 atom stereocenters. The summed E-state index contributed by atoms with van der Waals surface area (Å²) < 4.78 is 29.8. The number of alkyl halides is 2. The number of hydrogen-bond acceptors (Lipinski definition) is 10. The molecule has 3 aliphatic heterocycles. The standard InChI is InChI=1S/C38H37Cl2F2N9O4/c39-31-23(4-1-6-25(31)44-35-33-27(45-36(47-35)34(41)42)14-20(16-43-33)17-49-12-10-22(52)19-49)24-5-2-7-26(32(24)40)46-37(53)28-15-30-29(8-3-11-51(30)48-28)50-13-9-21(18-50)38(54)55/h1-2,4-7,14-16,21-22,29,34,52H,3,8-13,17-19H2,(H,46,53)(H,54,55)(H,44,45,47)/t21-,22-,29?/m1/s1. The van der Waals surface area contributed by atoms with E-state index in [1.165, 1.54) is 0 Å². The summed E-state index contributed by atoms with van der Waals surface area (Å²) in [6.07, 6.45) is 1.28. The average molecular weight is 793 g/mol. The Morgan fingerprint density at radius 1 is 0.945 bits per heavy atom. The van der Waals surface area contributed by atoms with E-state index in [4.69, 9.17) is 23.2 Å². The monoisotopic (exact) mass is 791 g/mol. The Balaban J connectivity index is 1.03. The lowest BCUT2D eigenvalue weighted by Crippen LogP contribution is -2.32. The van der Waals surface area contributed by atoms with Crippen molar-refractivity contribution in [3.05, 3.63) is 87.5 Å². The number of hydrogen-bond donors (Lipinski definition) is 4. The van der Waals surface area contributed by atoms with Crippen LogP contribution in [0.2, 0.25) is 10.0 Å². The van der Waals surface area contributed by atoms with Gasteiger partial charge in [0.15, 0.2) is 17.3 Å². The quantitative estimate of drug-likeness (QED) is 0.116. The van der Waals surface area contributed by atoms with E-state index in [0.717, 1.165) is 30.6 Å². The molecule has 3 aliphatic rings. The lowest BCUT2D eigenvalue weighted by Gasteiger charge is -2.31. The van der Waals surface area contributed by atoms with E-state index >= 15 is 0 Å². The van der Waals surface area contributed by atoms with Crippen LogP contribution in [0.1, 0.15) is 65.7 Å². The van der Waals surface area contributed by atoms with E-state index < -0.39 is 36.1 Å². The zero-order chi connectivity index (χ0) is 38.4. The second-order valence-corrected chi connectivity index (χ2v) is 14.9. The molecule has 286 valence electrons. The largest absolute Gasteiger partial charge is 0.481 e. The van der Waals surface area contributed by atoms with Crippen molar-refractivity contribution in [2.75, 3.05) is 36.8 Å². The van der Waals surface area contributed by atoms with Gasteiger partial charge in [0.1, 0.15) is 5.52 Å². The van der Waals surface area contributed by atoms with Crippen molar-refractivity contribution >= 4 is 63.3 Å². The number of benzene rings is 2. The van der Waals surface area contributed by atoms with Crippen LogP contribution in [0.4, 0.5) is 26.0 Å². The molecule has 1 unspecified atom stereocenters. The average Bonchev–Trinajstić information content (AvgIpc) is 3.93. The number of pyridine rings is 1. The molecule has 0 aliphatic carbocycles. The van der Waals surface area contributed by atoms with Crippen LogP contribution in [0.3, 0.4) is 0 Å². The Hall–Kier alpha value is -4.80. The maximum absolute atomic E-state index is 14.0. The molecule has 6 heterocycles. The first-order valence-corrected chi connectivity index (χ1v) is 18.8. The summed E-state index contributed by atoms with van der Waals surface area (Å²) in [6.45, 7) is 3.53. The molecule has 13 nitrogen and oxygen atoms in total. The first-order valence-electron chi connectivity index (χ1n) is 18.1. The first kappa shape index (κ1) is 37.1. The van der Waals surface area contributed by atoms with Crippen molar-refractivity contribution in [3.8, 4) is 11.1 Å². The van der Waals surface area contributed by atoms with Crippen molar-refractivity contribution < 1.29 is 28.6 Å². The van der Waals surface area contributed by atoms with Crippen LogP contribution in [-0.2, 0) is 17.9 Å². The minimum absolute atomic E-state index is 0.0201. The fourth-order valence-corrected chi connectivity index (χ4v) is 8.31. The molecule has 17 heteroatoms. The number of carbonyl (C=O) groups is 2. The van der Waals surface area contributed by atoms with Crippen molar-refractivity contribution in [1.82, 2.24) is 34.5 Å². The van der Waals surface area contributed by atoms with Gasteiger partial charge in [0.25, 0.3) is 12.3 Å². The lowest BCUT2D eigenvalue weighted by atomic mass is 10.0. The molecule has 4 N–H and O–H groups in total. The topological polar surface area (TPSA) is 162 Å². The molecule has 0 saturated carbocycles. The number of β-amino-alcohol motifs (C(OH)–C–C–N with tert-alkyl or cyclic N) is 1. The highest BCUT2D eigenvalue weighted by Gasteiger charge is 2.36. The summed E-state index contributed by atoms with van der Waals surface area (Å²) >= 11 is 13.9. The number of carboxylic acid groups (broad SMARTS) is 1. The van der Waals surface area contributed by atoms with Crippen LogP contribution in [0.15, 0.2) is 54.7 Å². The fourth-order valence-electron chi connectivity index (χ4n) is 7.76. The van der Waals surface area contributed by atoms with E-state index in [0.29, 0.717) is 68.1 Å². The predicted octanol–water partition coefficient (Wildman–Crippen LogP) is 6.94. The van der Waals surface area contributed by atoms with Crippen molar-refractivity contribution in [3.63, 3.8) is 0 Å². The van der Waals surface area contributed by atoms with Crippen molar-refractivity contribution in [1.29, 1.82) is 0 Å². The number of aliphatic carboxylic acids is 1. The van der Waals surface area contributed by atoms with Gasteiger partial charge in [0, 0.05) is 50.0 Å². The van der Waals surface area contributed by atoms with E-state index in [9.17, 15) is 28.6 Å². The number of nitrogens with one attached hydrogen (secondary N) is 2. The number of aromatic nitrogens is 5. The Labute approximate surface area is 324 Å². The van der Waals surface area contributed by atoms with Gasteiger partial charge in [-0.25, -0.2) is 18.7 Å². The molecule has 55 heavy (non-hydrogen) atoms. The number of anilines is 3. The molecule has 3 aromatic heterocycles.